The van der Waals surface area contributed by atoms with Crippen molar-refractivity contribution in [2.75, 3.05) is 38.2 Å². The smallest absolute Gasteiger partial charge is 0.243 e. The number of hydrogen-bond donors (Lipinski definition) is 0. The molecule has 0 N–H and O–H groups in total. The third-order valence-electron chi connectivity index (χ3n) is 3.77. The summed E-state index contributed by atoms with van der Waals surface area (Å²) < 4.78 is 61.9. The normalized spacial score (nSPS) is 16.4. The maximum atomic E-state index is 13.3. The minimum absolute atomic E-state index is 0.223. The van der Waals surface area contributed by atoms with Crippen molar-refractivity contribution in [3.05, 3.63) is 35.7 Å². The molecule has 0 radical (unpaired) electrons. The first-order chi connectivity index (χ1) is 11.9. The van der Waals surface area contributed by atoms with Gasteiger partial charge in [0.2, 0.25) is 15.2 Å². The summed E-state index contributed by atoms with van der Waals surface area (Å²) in [6.45, 7) is 1.64. The zero-order valence-electron chi connectivity index (χ0n) is 13.4. The third kappa shape index (κ3) is 3.78. The van der Waals surface area contributed by atoms with Crippen LogP contribution < -0.4 is 4.90 Å². The van der Waals surface area contributed by atoms with E-state index >= 15 is 0 Å². The third-order valence-corrected chi connectivity index (χ3v) is 6.48. The summed E-state index contributed by atoms with van der Waals surface area (Å²) >= 11 is 1.23. The van der Waals surface area contributed by atoms with E-state index in [1.807, 2.05) is 4.90 Å². The first-order valence-electron chi connectivity index (χ1n) is 7.43. The molecular weight excluding hydrogens is 374 g/mol. The van der Waals surface area contributed by atoms with Crippen molar-refractivity contribution >= 4 is 26.7 Å². The van der Waals surface area contributed by atoms with Crippen molar-refractivity contribution in [1.29, 1.82) is 0 Å². The predicted molar refractivity (Wildman–Crippen MR) is 88.0 cm³/mol. The van der Waals surface area contributed by atoms with Crippen LogP contribution in [0.2, 0.25) is 0 Å². The second-order valence-corrected chi connectivity index (χ2v) is 8.06. The second kappa shape index (κ2) is 7.28. The first-order valence-corrected chi connectivity index (χ1v) is 9.65. The van der Waals surface area contributed by atoms with Crippen LogP contribution in [-0.4, -0.2) is 55.4 Å². The van der Waals surface area contributed by atoms with Crippen molar-refractivity contribution in [2.45, 2.75) is 11.5 Å². The molecule has 7 nitrogen and oxygen atoms in total. The van der Waals surface area contributed by atoms with Gasteiger partial charge in [0, 0.05) is 44.8 Å². The molecule has 11 heteroatoms. The largest absolute Gasteiger partial charge is 0.377 e. The molecule has 0 unspecified atom stereocenters. The number of anilines is 1. The van der Waals surface area contributed by atoms with E-state index in [2.05, 4.69) is 9.36 Å². The number of nitrogens with zero attached hydrogens (tertiary/aromatic N) is 4. The molecule has 136 valence electrons. The molecule has 0 bridgehead atoms. The molecule has 0 spiro atoms. The minimum atomic E-state index is -3.86. The van der Waals surface area contributed by atoms with Crippen LogP contribution in [0.3, 0.4) is 0 Å². The molecule has 1 saturated heterocycles. The highest BCUT2D eigenvalue weighted by Gasteiger charge is 2.30. The average molecular weight is 390 g/mol. The molecule has 0 saturated carbocycles. The molecule has 2 heterocycles. The van der Waals surface area contributed by atoms with E-state index in [-0.39, 0.29) is 18.0 Å². The molecule has 1 aromatic carbocycles. The highest BCUT2D eigenvalue weighted by atomic mass is 32.2. The number of aromatic nitrogens is 2. The van der Waals surface area contributed by atoms with E-state index in [4.69, 9.17) is 4.74 Å². The summed E-state index contributed by atoms with van der Waals surface area (Å²) in [4.78, 5) is 6.03. The summed E-state index contributed by atoms with van der Waals surface area (Å²) in [5, 5.41) is 0.705. The number of halogens is 2. The number of methoxy groups -OCH3 is 1. The van der Waals surface area contributed by atoms with E-state index in [1.165, 1.54) is 15.8 Å². The Balaban J connectivity index is 1.69. The predicted octanol–water partition coefficient (Wildman–Crippen LogP) is 1.47. The van der Waals surface area contributed by atoms with E-state index in [9.17, 15) is 17.2 Å². The van der Waals surface area contributed by atoms with Gasteiger partial charge in [-0.3, -0.25) is 0 Å². The summed E-state index contributed by atoms with van der Waals surface area (Å²) in [6.07, 6.45) is 0. The molecule has 1 aliphatic rings. The van der Waals surface area contributed by atoms with Gasteiger partial charge < -0.3 is 9.64 Å². The minimum Gasteiger partial charge on any atom is -0.377 e. The summed E-state index contributed by atoms with van der Waals surface area (Å²) in [6, 6.07) is 2.59. The van der Waals surface area contributed by atoms with Gasteiger partial charge in [0.15, 0.2) is 17.5 Å². The lowest BCUT2D eigenvalue weighted by molar-refractivity contribution is 0.179. The molecule has 0 amide bonds. The maximum absolute atomic E-state index is 13.3. The quantitative estimate of drug-likeness (QED) is 0.770. The molecule has 3 rings (SSSR count). The number of sulfonamides is 1. The van der Waals surface area contributed by atoms with Crippen LogP contribution in [0.25, 0.3) is 0 Å². The van der Waals surface area contributed by atoms with E-state index in [1.54, 1.807) is 7.11 Å². The molecule has 1 aliphatic heterocycles. The lowest BCUT2D eigenvalue weighted by atomic mass is 10.3. The number of rotatable bonds is 5. The van der Waals surface area contributed by atoms with E-state index in [0.717, 1.165) is 12.1 Å². The summed E-state index contributed by atoms with van der Waals surface area (Å²) in [5.74, 6) is -1.68. The van der Waals surface area contributed by atoms with Crippen LogP contribution in [0.5, 0.6) is 0 Å². The molecular formula is C14H16F2N4O3S2. The van der Waals surface area contributed by atoms with Crippen molar-refractivity contribution in [3.8, 4) is 0 Å². The average Bonchev–Trinajstić information content (AvgIpc) is 3.06. The van der Waals surface area contributed by atoms with Crippen molar-refractivity contribution in [2.24, 2.45) is 0 Å². The standard InChI is InChI=1S/C14H16F2N4O3S2/c1-23-9-13-17-14(24-18-13)19-4-6-20(7-5-19)25(21,22)10-2-3-11(15)12(16)8-10/h2-3,8H,4-7,9H2,1H3. The first kappa shape index (κ1) is 18.1. The van der Waals surface area contributed by atoms with Gasteiger partial charge in [-0.25, -0.2) is 22.2 Å². The van der Waals surface area contributed by atoms with Gasteiger partial charge in [0.25, 0.3) is 0 Å². The van der Waals surface area contributed by atoms with Crippen molar-refractivity contribution in [1.82, 2.24) is 13.7 Å². The van der Waals surface area contributed by atoms with Crippen LogP contribution >= 0.6 is 11.5 Å². The Morgan fingerprint density at radius 1 is 1.20 bits per heavy atom. The van der Waals surface area contributed by atoms with Crippen LogP contribution in [0.4, 0.5) is 13.9 Å². The Bertz CT molecular complexity index is 852. The lowest BCUT2D eigenvalue weighted by Crippen LogP contribution is -2.48. The number of ether oxygens (including phenoxy) is 1. The van der Waals surface area contributed by atoms with Gasteiger partial charge in [0.1, 0.15) is 6.61 Å². The zero-order chi connectivity index (χ0) is 18.0. The maximum Gasteiger partial charge on any atom is 0.243 e. The van der Waals surface area contributed by atoms with Crippen molar-refractivity contribution in [3.63, 3.8) is 0 Å². The van der Waals surface area contributed by atoms with E-state index < -0.39 is 21.7 Å². The van der Waals surface area contributed by atoms with E-state index in [0.29, 0.717) is 36.7 Å². The molecule has 0 aliphatic carbocycles. The number of hydrogen-bond acceptors (Lipinski definition) is 7. The fourth-order valence-electron chi connectivity index (χ4n) is 2.47. The second-order valence-electron chi connectivity index (χ2n) is 5.39. The molecule has 0 atom stereocenters. The van der Waals surface area contributed by atoms with Crippen LogP contribution in [-0.2, 0) is 21.4 Å². The number of piperazine rings is 1. The Kier molecular flexibility index (Phi) is 5.27. The van der Waals surface area contributed by atoms with Crippen LogP contribution in [0, 0.1) is 11.6 Å². The molecule has 25 heavy (non-hydrogen) atoms. The lowest BCUT2D eigenvalue weighted by Gasteiger charge is -2.33. The van der Waals surface area contributed by atoms with Gasteiger partial charge >= 0.3 is 0 Å². The number of benzene rings is 1. The summed E-state index contributed by atoms with van der Waals surface area (Å²) in [5.41, 5.74) is 0. The highest BCUT2D eigenvalue weighted by Crippen LogP contribution is 2.23. The zero-order valence-corrected chi connectivity index (χ0v) is 15.0. The molecule has 2 aromatic rings. The Labute approximate surface area is 148 Å². The van der Waals surface area contributed by atoms with Crippen molar-refractivity contribution < 1.29 is 21.9 Å². The fraction of sp³-hybridized carbons (Fsp3) is 0.429. The fourth-order valence-corrected chi connectivity index (χ4v) is 4.63. The molecule has 1 aromatic heterocycles. The van der Waals surface area contributed by atoms with Gasteiger partial charge in [-0.1, -0.05) is 0 Å². The SMILES string of the molecule is COCc1nsc(N2CCN(S(=O)(=O)c3ccc(F)c(F)c3)CC2)n1. The monoisotopic (exact) mass is 390 g/mol. The highest BCUT2D eigenvalue weighted by molar-refractivity contribution is 7.89. The van der Waals surface area contributed by atoms with Gasteiger partial charge in [-0.2, -0.15) is 8.68 Å². The summed E-state index contributed by atoms with van der Waals surface area (Å²) in [7, 11) is -2.30. The van der Waals surface area contributed by atoms with Crippen LogP contribution in [0.1, 0.15) is 5.82 Å². The molecule has 1 fully saturated rings. The Morgan fingerprint density at radius 3 is 2.56 bits per heavy atom. The Morgan fingerprint density at radius 2 is 1.92 bits per heavy atom. The topological polar surface area (TPSA) is 75.6 Å². The van der Waals surface area contributed by atoms with Gasteiger partial charge in [-0.15, -0.1) is 0 Å². The Hall–Kier alpha value is -1.69. The van der Waals surface area contributed by atoms with Crippen LogP contribution in [0.15, 0.2) is 23.1 Å². The van der Waals surface area contributed by atoms with Gasteiger partial charge in [-0.05, 0) is 18.2 Å². The van der Waals surface area contributed by atoms with Gasteiger partial charge in [0.05, 0.1) is 4.90 Å².